The molecule has 4 aromatic rings. The van der Waals surface area contributed by atoms with Crippen molar-refractivity contribution in [3.8, 4) is 0 Å². The van der Waals surface area contributed by atoms with E-state index in [1.54, 1.807) is 20.4 Å². The lowest BCUT2D eigenvalue weighted by Gasteiger charge is -2.17. The van der Waals surface area contributed by atoms with Crippen LogP contribution in [0.1, 0.15) is 64.0 Å². The Labute approximate surface area is 298 Å². The number of anilines is 2. The van der Waals surface area contributed by atoms with Gasteiger partial charge in [-0.05, 0) is 52.4 Å². The summed E-state index contributed by atoms with van der Waals surface area (Å²) in [5.74, 6) is 2.91. The quantitative estimate of drug-likeness (QED) is 0.232. The summed E-state index contributed by atoms with van der Waals surface area (Å²) < 4.78 is 47.3. The van der Waals surface area contributed by atoms with Crippen molar-refractivity contribution in [3.05, 3.63) is 24.3 Å². The van der Waals surface area contributed by atoms with Gasteiger partial charge < -0.3 is 34.3 Å². The maximum Gasteiger partial charge on any atom is 0.396 e. The Kier molecular flexibility index (Phi) is 10.2. The van der Waals surface area contributed by atoms with Crippen molar-refractivity contribution >= 4 is 45.8 Å². The Morgan fingerprint density at radius 2 is 1.21 bits per heavy atom. The molecule has 4 aromatic heterocycles. The third-order valence-electron chi connectivity index (χ3n) is 10.0. The van der Waals surface area contributed by atoms with Gasteiger partial charge in [-0.3, -0.25) is 9.59 Å². The number of nitrogens with one attached hydrogen (secondary N) is 2. The van der Waals surface area contributed by atoms with Crippen LogP contribution in [0.15, 0.2) is 12.7 Å². The molecule has 2 unspecified atom stereocenters. The molecule has 4 aliphatic rings. The number of carbonyl (C=O) groups excluding carboxylic acids is 2. The van der Waals surface area contributed by atoms with E-state index in [0.29, 0.717) is 49.1 Å². The number of rotatable bonds is 11. The van der Waals surface area contributed by atoms with E-state index in [2.05, 4.69) is 47.5 Å². The zero-order valence-corrected chi connectivity index (χ0v) is 29.7. The van der Waals surface area contributed by atoms with Gasteiger partial charge in [-0.1, -0.05) is 0 Å². The van der Waals surface area contributed by atoms with Crippen LogP contribution in [0, 0.1) is 11.8 Å². The normalized spacial score (nSPS) is 20.4. The molecule has 6 heterocycles. The van der Waals surface area contributed by atoms with Crippen LogP contribution in [-0.4, -0.2) is 112 Å². The molecule has 2 saturated carbocycles. The Hall–Kier alpha value is -4.61. The van der Waals surface area contributed by atoms with E-state index in [0.717, 1.165) is 81.0 Å². The molecular formula is C34H45F3N12O3. The Bertz CT molecular complexity index is 1920. The number of hydrogen-bond acceptors (Lipinski definition) is 11. The predicted molar refractivity (Wildman–Crippen MR) is 185 cm³/mol. The minimum Gasteiger partial charge on any atom is -0.377 e. The van der Waals surface area contributed by atoms with Gasteiger partial charge in [0.15, 0.2) is 34.0 Å². The van der Waals surface area contributed by atoms with Crippen LogP contribution in [0.3, 0.4) is 0 Å². The SMILES string of the molecule is CCn1c(CC(F)(F)F)nc2c(NC3CCN(C(=O)C4CC4)C3)ncnc21.CCn1c(COC)nc2c(NC3CCN(C(=O)C4CC4)C3)ncnc21. The first kappa shape index (κ1) is 35.8. The predicted octanol–water partition coefficient (Wildman–Crippen LogP) is 3.79. The number of aryl methyl sites for hydroxylation is 2. The lowest BCUT2D eigenvalue weighted by Crippen LogP contribution is -2.32. The maximum atomic E-state index is 12.9. The molecule has 2 aliphatic heterocycles. The molecule has 0 spiro atoms. The highest BCUT2D eigenvalue weighted by atomic mass is 19.4. The molecule has 2 amide bonds. The van der Waals surface area contributed by atoms with E-state index in [-0.39, 0.29) is 35.7 Å². The molecule has 8 rings (SSSR count). The van der Waals surface area contributed by atoms with Crippen LogP contribution < -0.4 is 10.6 Å². The van der Waals surface area contributed by atoms with Crippen molar-refractivity contribution in [1.29, 1.82) is 0 Å². The number of aromatic nitrogens is 8. The fourth-order valence-corrected chi connectivity index (χ4v) is 7.11. The van der Waals surface area contributed by atoms with Crippen LogP contribution >= 0.6 is 0 Å². The van der Waals surface area contributed by atoms with Gasteiger partial charge in [0, 0.05) is 70.3 Å². The number of hydrogen-bond donors (Lipinski definition) is 2. The fraction of sp³-hybridized carbons (Fsp3) is 0.647. The highest BCUT2D eigenvalue weighted by Crippen LogP contribution is 2.34. The van der Waals surface area contributed by atoms with Gasteiger partial charge in [-0.2, -0.15) is 13.2 Å². The second-order valence-electron chi connectivity index (χ2n) is 13.9. The lowest BCUT2D eigenvalue weighted by molar-refractivity contribution is -0.132. The molecule has 52 heavy (non-hydrogen) atoms. The van der Waals surface area contributed by atoms with Crippen molar-refractivity contribution in [2.24, 2.45) is 11.8 Å². The first-order valence-electron chi connectivity index (χ1n) is 18.1. The minimum atomic E-state index is -4.34. The second-order valence-corrected chi connectivity index (χ2v) is 13.9. The molecular weight excluding hydrogens is 681 g/mol. The number of carbonyl (C=O) groups is 2. The molecule has 0 radical (unpaired) electrons. The molecule has 0 bridgehead atoms. The summed E-state index contributed by atoms with van der Waals surface area (Å²) in [6.45, 7) is 8.19. The summed E-state index contributed by atoms with van der Waals surface area (Å²) in [5.41, 5.74) is 2.31. The van der Waals surface area contributed by atoms with Crippen LogP contribution in [0.4, 0.5) is 24.8 Å². The fourth-order valence-electron chi connectivity index (χ4n) is 7.11. The minimum absolute atomic E-state index is 0.00337. The van der Waals surface area contributed by atoms with E-state index in [4.69, 9.17) is 4.74 Å². The van der Waals surface area contributed by atoms with Crippen molar-refractivity contribution in [2.75, 3.05) is 43.9 Å². The highest BCUT2D eigenvalue weighted by Gasteiger charge is 2.38. The Morgan fingerprint density at radius 1 is 0.750 bits per heavy atom. The largest absolute Gasteiger partial charge is 0.396 e. The summed E-state index contributed by atoms with van der Waals surface area (Å²) in [4.78, 5) is 54.2. The van der Waals surface area contributed by atoms with Crippen molar-refractivity contribution in [1.82, 2.24) is 48.8 Å². The standard InChI is InChI=1S/C17H21F3N6O.C17H24N6O2/c1-2-26-12(7-17(18,19)20)24-13-14(21-9-22-15(13)26)23-11-5-6-25(8-11)16(27)10-3-4-10;1-3-23-13(9-25-2)21-14-15(18-10-19-16(14)23)20-12-6-7-22(8-12)17(24)11-4-5-11/h9-11H,2-8H2,1H3,(H,21,22,23);10-12H,3-9H2,1-2H3,(H,18,19,20). The van der Waals surface area contributed by atoms with Gasteiger partial charge in [0.25, 0.3) is 0 Å². The lowest BCUT2D eigenvalue weighted by atomic mass is 10.2. The van der Waals surface area contributed by atoms with Gasteiger partial charge in [0.05, 0.1) is 0 Å². The first-order valence-corrected chi connectivity index (χ1v) is 18.1. The van der Waals surface area contributed by atoms with Gasteiger partial charge >= 0.3 is 6.18 Å². The molecule has 0 aromatic carbocycles. The Morgan fingerprint density at radius 3 is 1.63 bits per heavy atom. The summed E-state index contributed by atoms with van der Waals surface area (Å²) >= 11 is 0. The summed E-state index contributed by atoms with van der Waals surface area (Å²) in [7, 11) is 1.66. The molecule has 2 aliphatic carbocycles. The van der Waals surface area contributed by atoms with E-state index in [1.165, 1.54) is 10.9 Å². The molecule has 15 nitrogen and oxygen atoms in total. The maximum absolute atomic E-state index is 12.9. The number of amides is 2. The van der Waals surface area contributed by atoms with Gasteiger partial charge in [0.1, 0.15) is 37.3 Å². The first-order chi connectivity index (χ1) is 25.1. The molecule has 18 heteroatoms. The number of likely N-dealkylation sites (tertiary alicyclic amines) is 2. The Balaban J connectivity index is 0.000000162. The van der Waals surface area contributed by atoms with Crippen LogP contribution in [0.25, 0.3) is 22.3 Å². The summed E-state index contributed by atoms with van der Waals surface area (Å²) in [6.07, 6.45) is 3.20. The summed E-state index contributed by atoms with van der Waals surface area (Å²) in [6, 6.07) is 0.210. The van der Waals surface area contributed by atoms with Gasteiger partial charge in [0.2, 0.25) is 11.8 Å². The number of alkyl halides is 3. The average molecular weight is 727 g/mol. The van der Waals surface area contributed by atoms with Gasteiger partial charge in [-0.15, -0.1) is 0 Å². The van der Waals surface area contributed by atoms with Crippen molar-refractivity contribution in [2.45, 2.75) is 96.7 Å². The third kappa shape index (κ3) is 7.76. The molecule has 280 valence electrons. The highest BCUT2D eigenvalue weighted by molar-refractivity contribution is 5.85. The molecule has 2 N–H and O–H groups in total. The smallest absolute Gasteiger partial charge is 0.377 e. The van der Waals surface area contributed by atoms with E-state index < -0.39 is 12.6 Å². The molecule has 2 atom stereocenters. The zero-order valence-electron chi connectivity index (χ0n) is 29.7. The second kappa shape index (κ2) is 14.8. The van der Waals surface area contributed by atoms with Crippen LogP contribution in [0.5, 0.6) is 0 Å². The average Bonchev–Trinajstić information content (AvgIpc) is 3.98. The number of halogens is 3. The van der Waals surface area contributed by atoms with Gasteiger partial charge in [-0.25, -0.2) is 29.9 Å². The number of nitrogens with zero attached hydrogens (tertiary/aromatic N) is 10. The number of fused-ring (bicyclic) bond motifs is 2. The van der Waals surface area contributed by atoms with E-state index in [9.17, 15) is 22.8 Å². The molecule has 4 fully saturated rings. The summed E-state index contributed by atoms with van der Waals surface area (Å²) in [5, 5.41) is 6.73. The topological polar surface area (TPSA) is 161 Å². The van der Waals surface area contributed by atoms with Crippen molar-refractivity contribution in [3.63, 3.8) is 0 Å². The number of imidazole rings is 2. The van der Waals surface area contributed by atoms with Crippen LogP contribution in [0.2, 0.25) is 0 Å². The zero-order chi connectivity index (χ0) is 36.6. The number of ether oxygens (including phenoxy) is 1. The monoisotopic (exact) mass is 726 g/mol. The third-order valence-corrected chi connectivity index (χ3v) is 10.0. The van der Waals surface area contributed by atoms with Crippen molar-refractivity contribution < 1.29 is 27.5 Å². The van der Waals surface area contributed by atoms with E-state index in [1.807, 2.05) is 14.4 Å². The van der Waals surface area contributed by atoms with Crippen LogP contribution in [-0.2, 0) is 40.4 Å². The van der Waals surface area contributed by atoms with E-state index >= 15 is 0 Å². The number of methoxy groups -OCH3 is 1. The molecule has 2 saturated heterocycles.